The molecule has 0 saturated heterocycles. The third-order valence-electron chi connectivity index (χ3n) is 5.18. The quantitative estimate of drug-likeness (QED) is 0.662. The Morgan fingerprint density at radius 2 is 1.80 bits per heavy atom. The smallest absolute Gasteiger partial charge is 0.282 e. The van der Waals surface area contributed by atoms with Gasteiger partial charge in [-0.1, -0.05) is 0 Å². The minimum absolute atomic E-state index is 0.0322. The lowest BCUT2D eigenvalue weighted by Gasteiger charge is -2.35. The zero-order valence-corrected chi connectivity index (χ0v) is 16.4. The van der Waals surface area contributed by atoms with Crippen molar-refractivity contribution < 1.29 is 18.3 Å². The van der Waals surface area contributed by atoms with Crippen LogP contribution < -0.4 is 15.2 Å². The van der Waals surface area contributed by atoms with Crippen molar-refractivity contribution in [2.45, 2.75) is 25.8 Å². The number of methoxy groups -OCH3 is 1. The molecule has 0 N–H and O–H groups in total. The molecule has 1 amide bonds. The first-order valence-electron chi connectivity index (χ1n) is 9.45. The summed E-state index contributed by atoms with van der Waals surface area (Å²) in [5.41, 5.74) is 1.05. The van der Waals surface area contributed by atoms with Crippen LogP contribution in [0.25, 0.3) is 5.69 Å². The first-order valence-corrected chi connectivity index (χ1v) is 9.45. The van der Waals surface area contributed by atoms with E-state index in [9.17, 15) is 18.4 Å². The van der Waals surface area contributed by atoms with Crippen molar-refractivity contribution in [2.24, 2.45) is 0 Å². The normalized spacial score (nSPS) is 15.6. The zero-order chi connectivity index (χ0) is 21.4. The molecular weight excluding hydrogens is 392 g/mol. The van der Waals surface area contributed by atoms with Crippen LogP contribution in [0.5, 0.6) is 5.75 Å². The maximum atomic E-state index is 13.7. The van der Waals surface area contributed by atoms with Gasteiger partial charge in [0.1, 0.15) is 11.6 Å². The van der Waals surface area contributed by atoms with Gasteiger partial charge in [0.25, 0.3) is 11.5 Å². The summed E-state index contributed by atoms with van der Waals surface area (Å²) in [4.78, 5) is 27.5. The summed E-state index contributed by atoms with van der Waals surface area (Å²) < 4.78 is 33.2. The van der Waals surface area contributed by atoms with E-state index in [1.807, 2.05) is 6.92 Å². The van der Waals surface area contributed by atoms with Crippen LogP contribution in [0.1, 0.15) is 29.4 Å². The van der Waals surface area contributed by atoms with E-state index in [4.69, 9.17) is 4.74 Å². The summed E-state index contributed by atoms with van der Waals surface area (Å²) in [7, 11) is 1.35. The Balaban J connectivity index is 1.84. The van der Waals surface area contributed by atoms with E-state index < -0.39 is 17.3 Å². The largest absolute Gasteiger partial charge is 0.494 e. The van der Waals surface area contributed by atoms with Crippen LogP contribution in [0.3, 0.4) is 0 Å². The maximum Gasteiger partial charge on any atom is 0.282 e. The van der Waals surface area contributed by atoms with Crippen LogP contribution in [-0.2, 0) is 6.42 Å². The zero-order valence-electron chi connectivity index (χ0n) is 16.4. The van der Waals surface area contributed by atoms with Gasteiger partial charge in [0.2, 0.25) is 0 Å². The second kappa shape index (κ2) is 7.70. The Bertz CT molecular complexity index is 1180. The number of ether oxygens (including phenoxy) is 1. The lowest BCUT2D eigenvalue weighted by Crippen LogP contribution is -2.43. The maximum absolute atomic E-state index is 13.7. The van der Waals surface area contributed by atoms with E-state index in [0.717, 1.165) is 10.2 Å². The molecule has 1 aromatic heterocycles. The van der Waals surface area contributed by atoms with Gasteiger partial charge in [-0.05, 0) is 67.8 Å². The third kappa shape index (κ3) is 3.45. The summed E-state index contributed by atoms with van der Waals surface area (Å²) in [5.74, 6) is -1.26. The van der Waals surface area contributed by atoms with Crippen LogP contribution in [0.15, 0.2) is 53.3 Å². The van der Waals surface area contributed by atoms with E-state index in [1.165, 1.54) is 49.6 Å². The molecule has 2 aromatic carbocycles. The second-order valence-corrected chi connectivity index (χ2v) is 7.12. The van der Waals surface area contributed by atoms with Gasteiger partial charge in [-0.15, -0.1) is 0 Å². The van der Waals surface area contributed by atoms with Crippen molar-refractivity contribution in [3.63, 3.8) is 0 Å². The SMILES string of the molecule is COc1cc(=O)n(-c2ccc(F)cc2)nc1C(=O)N1c2ccc(F)cc2CCC1C. The minimum atomic E-state index is -0.524. The molecule has 8 heteroatoms. The van der Waals surface area contributed by atoms with E-state index in [2.05, 4.69) is 5.10 Å². The van der Waals surface area contributed by atoms with Gasteiger partial charge in [0, 0.05) is 11.7 Å². The predicted octanol–water partition coefficient (Wildman–Crippen LogP) is 3.50. The van der Waals surface area contributed by atoms with Gasteiger partial charge < -0.3 is 9.64 Å². The molecule has 1 unspecified atom stereocenters. The molecule has 154 valence electrons. The fraction of sp³-hybridized carbons (Fsp3) is 0.227. The summed E-state index contributed by atoms with van der Waals surface area (Å²) in [6.45, 7) is 1.90. The van der Waals surface area contributed by atoms with Crippen molar-refractivity contribution in [3.8, 4) is 11.4 Å². The van der Waals surface area contributed by atoms with Crippen molar-refractivity contribution >= 4 is 11.6 Å². The van der Waals surface area contributed by atoms with Crippen molar-refractivity contribution in [2.75, 3.05) is 12.0 Å². The van der Waals surface area contributed by atoms with Crippen molar-refractivity contribution in [3.05, 3.63) is 81.8 Å². The highest BCUT2D eigenvalue weighted by Gasteiger charge is 2.32. The highest BCUT2D eigenvalue weighted by molar-refractivity contribution is 6.07. The Hall–Kier alpha value is -3.55. The third-order valence-corrected chi connectivity index (χ3v) is 5.18. The van der Waals surface area contributed by atoms with Crippen LogP contribution in [0.2, 0.25) is 0 Å². The average molecular weight is 411 g/mol. The van der Waals surface area contributed by atoms with Gasteiger partial charge in [-0.25, -0.2) is 8.78 Å². The highest BCUT2D eigenvalue weighted by Crippen LogP contribution is 2.33. The number of anilines is 1. The van der Waals surface area contributed by atoms with Gasteiger partial charge in [0.15, 0.2) is 11.4 Å². The number of aryl methyl sites for hydroxylation is 1. The number of amides is 1. The molecule has 3 aromatic rings. The van der Waals surface area contributed by atoms with E-state index >= 15 is 0 Å². The van der Waals surface area contributed by atoms with Crippen LogP contribution in [0.4, 0.5) is 14.5 Å². The second-order valence-electron chi connectivity index (χ2n) is 7.12. The standard InChI is InChI=1S/C22H19F2N3O3/c1-13-3-4-14-11-16(24)7-10-18(14)26(13)22(29)21-19(30-2)12-20(28)27(25-21)17-8-5-15(23)6-9-17/h5-13H,3-4H2,1-2H3. The number of hydrogen-bond donors (Lipinski definition) is 0. The van der Waals surface area contributed by atoms with Gasteiger partial charge >= 0.3 is 0 Å². The van der Waals surface area contributed by atoms with Gasteiger partial charge in [-0.2, -0.15) is 9.78 Å². The molecule has 30 heavy (non-hydrogen) atoms. The molecule has 0 bridgehead atoms. The molecule has 0 radical (unpaired) electrons. The number of carbonyl (C=O) groups is 1. The fourth-order valence-corrected chi connectivity index (χ4v) is 3.66. The molecular formula is C22H19F2N3O3. The van der Waals surface area contributed by atoms with Crippen molar-refractivity contribution in [1.29, 1.82) is 0 Å². The number of nitrogens with zero attached hydrogens (tertiary/aromatic N) is 3. The lowest BCUT2D eigenvalue weighted by molar-refractivity contribution is 0.0965. The Morgan fingerprint density at radius 1 is 1.10 bits per heavy atom. The number of aromatic nitrogens is 2. The molecule has 1 atom stereocenters. The van der Waals surface area contributed by atoms with E-state index in [0.29, 0.717) is 24.2 Å². The van der Waals surface area contributed by atoms with Crippen molar-refractivity contribution in [1.82, 2.24) is 9.78 Å². The molecule has 0 fully saturated rings. The first kappa shape index (κ1) is 19.8. The number of benzene rings is 2. The summed E-state index contributed by atoms with van der Waals surface area (Å²) in [6.07, 6.45) is 1.31. The van der Waals surface area contributed by atoms with E-state index in [-0.39, 0.29) is 23.3 Å². The topological polar surface area (TPSA) is 64.4 Å². The van der Waals surface area contributed by atoms with Gasteiger partial charge in [-0.3, -0.25) is 9.59 Å². The molecule has 1 aliphatic rings. The molecule has 0 saturated carbocycles. The number of rotatable bonds is 3. The first-order chi connectivity index (χ1) is 14.4. The number of hydrogen-bond acceptors (Lipinski definition) is 4. The van der Waals surface area contributed by atoms with Crippen LogP contribution in [-0.4, -0.2) is 28.8 Å². The summed E-state index contributed by atoms with van der Waals surface area (Å²) >= 11 is 0. The Morgan fingerprint density at radius 3 is 2.50 bits per heavy atom. The molecule has 6 nitrogen and oxygen atoms in total. The number of halogens is 2. The molecule has 0 spiro atoms. The highest BCUT2D eigenvalue weighted by atomic mass is 19.1. The number of fused-ring (bicyclic) bond motifs is 1. The molecule has 2 heterocycles. The molecule has 4 rings (SSSR count). The molecule has 0 aliphatic carbocycles. The lowest BCUT2D eigenvalue weighted by atomic mass is 9.96. The average Bonchev–Trinajstić information content (AvgIpc) is 2.74. The number of carbonyl (C=O) groups excluding carboxylic acids is 1. The Labute approximate surface area is 171 Å². The molecule has 1 aliphatic heterocycles. The van der Waals surface area contributed by atoms with Crippen LogP contribution >= 0.6 is 0 Å². The van der Waals surface area contributed by atoms with Gasteiger partial charge in [0.05, 0.1) is 18.9 Å². The fourth-order valence-electron chi connectivity index (χ4n) is 3.66. The minimum Gasteiger partial charge on any atom is -0.494 e. The summed E-state index contributed by atoms with van der Waals surface area (Å²) in [5, 5.41) is 4.23. The Kier molecular flexibility index (Phi) is 5.07. The monoisotopic (exact) mass is 411 g/mol. The predicted molar refractivity (Wildman–Crippen MR) is 107 cm³/mol. The van der Waals surface area contributed by atoms with Crippen LogP contribution in [0, 0.1) is 11.6 Å². The summed E-state index contributed by atoms with van der Waals surface area (Å²) in [6, 6.07) is 10.5. The van der Waals surface area contributed by atoms with E-state index in [1.54, 1.807) is 11.0 Å².